The summed E-state index contributed by atoms with van der Waals surface area (Å²) in [6.45, 7) is 1.91. The molecule has 1 unspecified atom stereocenters. The predicted molar refractivity (Wildman–Crippen MR) is 82.6 cm³/mol. The molecule has 2 aromatic rings. The molecule has 1 aliphatic rings. The largest absolute Gasteiger partial charge is 0.507 e. The van der Waals surface area contributed by atoms with Crippen molar-refractivity contribution in [3.8, 4) is 5.75 Å². The number of aryl methyl sites for hydroxylation is 2. The second kappa shape index (κ2) is 5.60. The van der Waals surface area contributed by atoms with Crippen LogP contribution in [-0.2, 0) is 12.8 Å². The molecule has 1 amide bonds. The minimum absolute atomic E-state index is 0.0364. The smallest absolute Gasteiger partial charge is 0.255 e. The zero-order chi connectivity index (χ0) is 14.8. The number of amides is 1. The van der Waals surface area contributed by atoms with Crippen molar-refractivity contribution in [2.24, 2.45) is 0 Å². The first-order valence-electron chi connectivity index (χ1n) is 7.31. The third-order valence-electron chi connectivity index (χ3n) is 4.08. The normalized spacial score (nSPS) is 17.1. The Balaban J connectivity index is 1.73. The van der Waals surface area contributed by atoms with E-state index < -0.39 is 0 Å². The Morgan fingerprint density at radius 1 is 1.19 bits per heavy atom. The zero-order valence-electron chi connectivity index (χ0n) is 12.1. The van der Waals surface area contributed by atoms with Crippen molar-refractivity contribution in [2.45, 2.75) is 32.2 Å². The Labute approximate surface area is 124 Å². The monoisotopic (exact) mass is 281 g/mol. The van der Waals surface area contributed by atoms with Gasteiger partial charge >= 0.3 is 0 Å². The highest BCUT2D eigenvalue weighted by atomic mass is 16.3. The van der Waals surface area contributed by atoms with Gasteiger partial charge in [0.25, 0.3) is 5.91 Å². The van der Waals surface area contributed by atoms with E-state index in [-0.39, 0.29) is 17.7 Å². The number of hydrogen-bond donors (Lipinski definition) is 2. The van der Waals surface area contributed by atoms with Gasteiger partial charge in [-0.15, -0.1) is 0 Å². The average Bonchev–Trinajstić information content (AvgIpc) is 2.49. The van der Waals surface area contributed by atoms with Crippen LogP contribution in [-0.4, -0.2) is 17.1 Å². The molecule has 21 heavy (non-hydrogen) atoms. The van der Waals surface area contributed by atoms with E-state index in [4.69, 9.17) is 0 Å². The summed E-state index contributed by atoms with van der Waals surface area (Å²) in [4.78, 5) is 12.3. The molecular weight excluding hydrogens is 262 g/mol. The number of phenolic OH excluding ortho intramolecular Hbond substituents is 1. The lowest BCUT2D eigenvalue weighted by Gasteiger charge is -2.25. The van der Waals surface area contributed by atoms with Crippen LogP contribution in [0.4, 0.5) is 0 Å². The summed E-state index contributed by atoms with van der Waals surface area (Å²) in [5.41, 5.74) is 4.00. The van der Waals surface area contributed by atoms with Crippen molar-refractivity contribution in [3.05, 3.63) is 64.7 Å². The number of carbonyl (C=O) groups excluding carboxylic acids is 1. The van der Waals surface area contributed by atoms with Crippen LogP contribution in [0.3, 0.4) is 0 Å². The van der Waals surface area contributed by atoms with Crippen LogP contribution >= 0.6 is 0 Å². The van der Waals surface area contributed by atoms with Crippen LogP contribution in [0.2, 0.25) is 0 Å². The molecule has 0 spiro atoms. The highest BCUT2D eigenvalue weighted by Gasteiger charge is 2.21. The lowest BCUT2D eigenvalue weighted by molar-refractivity contribution is 0.0931. The van der Waals surface area contributed by atoms with Crippen molar-refractivity contribution >= 4 is 5.91 Å². The van der Waals surface area contributed by atoms with Crippen LogP contribution in [0.25, 0.3) is 0 Å². The van der Waals surface area contributed by atoms with Gasteiger partial charge < -0.3 is 10.4 Å². The molecule has 1 aliphatic carbocycles. The van der Waals surface area contributed by atoms with E-state index in [0.717, 1.165) is 24.8 Å². The van der Waals surface area contributed by atoms with Crippen molar-refractivity contribution in [3.63, 3.8) is 0 Å². The van der Waals surface area contributed by atoms with E-state index in [2.05, 4.69) is 23.5 Å². The van der Waals surface area contributed by atoms with Gasteiger partial charge in [-0.2, -0.15) is 0 Å². The highest BCUT2D eigenvalue weighted by Crippen LogP contribution is 2.23. The Morgan fingerprint density at radius 2 is 1.95 bits per heavy atom. The van der Waals surface area contributed by atoms with Gasteiger partial charge in [0.1, 0.15) is 5.75 Å². The highest BCUT2D eigenvalue weighted by molar-refractivity contribution is 5.97. The summed E-state index contributed by atoms with van der Waals surface area (Å²) in [6, 6.07) is 13.6. The quantitative estimate of drug-likeness (QED) is 0.889. The summed E-state index contributed by atoms with van der Waals surface area (Å²) >= 11 is 0. The molecule has 108 valence electrons. The van der Waals surface area contributed by atoms with Gasteiger partial charge in [0.2, 0.25) is 0 Å². The molecule has 0 saturated heterocycles. The molecule has 0 aromatic heterocycles. The standard InChI is InChI=1S/C18H19NO2/c1-12-6-9-17(20)16(10-12)18(21)19-15-8-7-13-4-2-3-5-14(13)11-15/h2-6,9-10,15,20H,7-8,11H2,1H3,(H,19,21). The number of phenols is 1. The fourth-order valence-electron chi connectivity index (χ4n) is 2.92. The number of benzene rings is 2. The van der Waals surface area contributed by atoms with Crippen molar-refractivity contribution in [1.82, 2.24) is 5.32 Å². The van der Waals surface area contributed by atoms with E-state index in [1.807, 2.05) is 13.0 Å². The number of hydrogen-bond acceptors (Lipinski definition) is 2. The summed E-state index contributed by atoms with van der Waals surface area (Å²) in [7, 11) is 0. The molecule has 2 aromatic carbocycles. The number of carbonyl (C=O) groups is 1. The first-order valence-corrected chi connectivity index (χ1v) is 7.31. The van der Waals surface area contributed by atoms with Gasteiger partial charge in [0.15, 0.2) is 0 Å². The fourth-order valence-corrected chi connectivity index (χ4v) is 2.92. The van der Waals surface area contributed by atoms with Gasteiger partial charge in [-0.3, -0.25) is 4.79 Å². The molecular formula is C18H19NO2. The maximum atomic E-state index is 12.3. The summed E-state index contributed by atoms with van der Waals surface area (Å²) in [6.07, 6.45) is 2.78. The summed E-state index contributed by atoms with van der Waals surface area (Å²) in [5.74, 6) is -0.158. The Hall–Kier alpha value is -2.29. The zero-order valence-corrected chi connectivity index (χ0v) is 12.1. The van der Waals surface area contributed by atoms with E-state index >= 15 is 0 Å². The number of aromatic hydroxyl groups is 1. The average molecular weight is 281 g/mol. The minimum Gasteiger partial charge on any atom is -0.507 e. The molecule has 1 atom stereocenters. The Kier molecular flexibility index (Phi) is 3.65. The second-order valence-electron chi connectivity index (χ2n) is 5.70. The van der Waals surface area contributed by atoms with Gasteiger partial charge in [0.05, 0.1) is 5.56 Å². The Morgan fingerprint density at radius 3 is 2.76 bits per heavy atom. The molecule has 0 radical (unpaired) electrons. The Bertz CT molecular complexity index is 679. The fraction of sp³-hybridized carbons (Fsp3) is 0.278. The summed E-state index contributed by atoms with van der Waals surface area (Å²) < 4.78 is 0. The maximum Gasteiger partial charge on any atom is 0.255 e. The molecule has 0 bridgehead atoms. The minimum atomic E-state index is -0.194. The van der Waals surface area contributed by atoms with E-state index in [1.54, 1.807) is 18.2 Å². The van der Waals surface area contributed by atoms with Crippen LogP contribution < -0.4 is 5.32 Å². The topological polar surface area (TPSA) is 49.3 Å². The van der Waals surface area contributed by atoms with E-state index in [9.17, 15) is 9.90 Å². The number of fused-ring (bicyclic) bond motifs is 1. The molecule has 3 heteroatoms. The molecule has 0 aliphatic heterocycles. The van der Waals surface area contributed by atoms with Crippen LogP contribution in [0, 0.1) is 6.92 Å². The maximum absolute atomic E-state index is 12.3. The van der Waals surface area contributed by atoms with E-state index in [0.29, 0.717) is 5.56 Å². The van der Waals surface area contributed by atoms with E-state index in [1.165, 1.54) is 11.1 Å². The lowest BCUT2D eigenvalue weighted by atomic mass is 9.88. The lowest BCUT2D eigenvalue weighted by Crippen LogP contribution is -2.38. The van der Waals surface area contributed by atoms with Crippen LogP contribution in [0.5, 0.6) is 5.75 Å². The van der Waals surface area contributed by atoms with Crippen LogP contribution in [0.1, 0.15) is 33.5 Å². The number of nitrogens with one attached hydrogen (secondary N) is 1. The van der Waals surface area contributed by atoms with Crippen molar-refractivity contribution in [2.75, 3.05) is 0 Å². The first kappa shape index (κ1) is 13.7. The van der Waals surface area contributed by atoms with Gasteiger partial charge in [-0.05, 0) is 49.4 Å². The summed E-state index contributed by atoms with van der Waals surface area (Å²) in [5, 5.41) is 12.9. The van der Waals surface area contributed by atoms with Gasteiger partial charge in [-0.25, -0.2) is 0 Å². The van der Waals surface area contributed by atoms with Crippen molar-refractivity contribution < 1.29 is 9.90 Å². The SMILES string of the molecule is Cc1ccc(O)c(C(=O)NC2CCc3ccccc3C2)c1. The third-order valence-corrected chi connectivity index (χ3v) is 4.08. The predicted octanol–water partition coefficient (Wildman–Crippen LogP) is 2.99. The molecule has 2 N–H and O–H groups in total. The molecule has 0 fully saturated rings. The molecule has 3 nitrogen and oxygen atoms in total. The molecule has 0 heterocycles. The molecule has 3 rings (SSSR count). The number of rotatable bonds is 2. The van der Waals surface area contributed by atoms with Gasteiger partial charge in [0, 0.05) is 6.04 Å². The van der Waals surface area contributed by atoms with Crippen LogP contribution in [0.15, 0.2) is 42.5 Å². The first-order chi connectivity index (χ1) is 10.1. The van der Waals surface area contributed by atoms with Crippen molar-refractivity contribution in [1.29, 1.82) is 0 Å². The second-order valence-corrected chi connectivity index (χ2v) is 5.70. The van der Waals surface area contributed by atoms with Gasteiger partial charge in [-0.1, -0.05) is 35.9 Å². The third kappa shape index (κ3) is 2.92. The molecule has 0 saturated carbocycles.